The summed E-state index contributed by atoms with van der Waals surface area (Å²) in [5, 5.41) is 13.7. The molecule has 2 N–H and O–H groups in total. The first-order valence-electron chi connectivity index (χ1n) is 6.19. The smallest absolute Gasteiger partial charge is 0.326 e. The summed E-state index contributed by atoms with van der Waals surface area (Å²) in [5.74, 6) is -1.37. The lowest BCUT2D eigenvalue weighted by Gasteiger charge is -2.14. The Labute approximate surface area is 121 Å². The van der Waals surface area contributed by atoms with Gasteiger partial charge in [0.25, 0.3) is 5.91 Å². The maximum absolute atomic E-state index is 12.0. The molecule has 1 heterocycles. The Kier molecular flexibility index (Phi) is 4.53. The maximum atomic E-state index is 12.0. The Bertz CT molecular complexity index is 607. The number of hydrogen-bond acceptors (Lipinski definition) is 3. The molecule has 0 aliphatic carbocycles. The number of aryl methyl sites for hydroxylation is 1. The molecule has 1 amide bonds. The van der Waals surface area contributed by atoms with E-state index in [1.54, 1.807) is 6.07 Å². The van der Waals surface area contributed by atoms with Crippen molar-refractivity contribution >= 4 is 23.2 Å². The van der Waals surface area contributed by atoms with Crippen molar-refractivity contribution in [3.63, 3.8) is 0 Å². The average molecular weight is 289 g/mol. The van der Waals surface area contributed by atoms with Crippen molar-refractivity contribution in [1.82, 2.24) is 5.32 Å². The molecule has 5 heteroatoms. The van der Waals surface area contributed by atoms with E-state index in [9.17, 15) is 14.7 Å². The van der Waals surface area contributed by atoms with Crippen LogP contribution in [-0.2, 0) is 11.2 Å². The number of carbonyl (C=O) groups is 2. The van der Waals surface area contributed by atoms with Gasteiger partial charge in [-0.15, -0.1) is 11.3 Å². The minimum atomic E-state index is -1.03. The van der Waals surface area contributed by atoms with Crippen molar-refractivity contribution in [2.24, 2.45) is 0 Å². The quantitative estimate of drug-likeness (QED) is 0.888. The lowest BCUT2D eigenvalue weighted by Crippen LogP contribution is -2.42. The highest BCUT2D eigenvalue weighted by molar-refractivity contribution is 7.12. The van der Waals surface area contributed by atoms with Gasteiger partial charge in [0.2, 0.25) is 0 Å². The molecule has 1 atom stereocenters. The number of carboxylic acid groups (broad SMARTS) is 1. The summed E-state index contributed by atoms with van der Waals surface area (Å²) in [7, 11) is 0. The van der Waals surface area contributed by atoms with Crippen LogP contribution in [0.15, 0.2) is 41.8 Å². The number of hydrogen-bond donors (Lipinski definition) is 2. The predicted octanol–water partition coefficient (Wildman–Crippen LogP) is 2.48. The molecule has 1 aromatic carbocycles. The monoisotopic (exact) mass is 289 g/mol. The van der Waals surface area contributed by atoms with E-state index in [0.29, 0.717) is 4.88 Å². The zero-order valence-corrected chi connectivity index (χ0v) is 11.8. The van der Waals surface area contributed by atoms with Crippen LogP contribution < -0.4 is 5.32 Å². The Balaban J connectivity index is 2.06. The van der Waals surface area contributed by atoms with Gasteiger partial charge in [-0.25, -0.2) is 4.79 Å². The summed E-state index contributed by atoms with van der Waals surface area (Å²) < 4.78 is 0. The van der Waals surface area contributed by atoms with Gasteiger partial charge in [0, 0.05) is 6.42 Å². The third-order valence-electron chi connectivity index (χ3n) is 2.84. The molecule has 2 aromatic rings. The molecule has 0 spiro atoms. The first-order chi connectivity index (χ1) is 9.56. The van der Waals surface area contributed by atoms with E-state index in [-0.39, 0.29) is 12.3 Å². The van der Waals surface area contributed by atoms with Gasteiger partial charge < -0.3 is 10.4 Å². The molecule has 0 radical (unpaired) electrons. The molecule has 0 saturated heterocycles. The number of amides is 1. The molecule has 0 fully saturated rings. The topological polar surface area (TPSA) is 66.4 Å². The first kappa shape index (κ1) is 14.3. The fourth-order valence-corrected chi connectivity index (χ4v) is 2.63. The third-order valence-corrected chi connectivity index (χ3v) is 3.89. The molecule has 0 aliphatic heterocycles. The van der Waals surface area contributed by atoms with Crippen LogP contribution in [0.5, 0.6) is 0 Å². The molecule has 20 heavy (non-hydrogen) atoms. The van der Waals surface area contributed by atoms with Crippen LogP contribution in [0.25, 0.3) is 0 Å². The van der Waals surface area contributed by atoms with Gasteiger partial charge in [0.1, 0.15) is 6.04 Å². The minimum Gasteiger partial charge on any atom is -0.480 e. The van der Waals surface area contributed by atoms with Gasteiger partial charge in [0.05, 0.1) is 4.88 Å². The fraction of sp³-hybridized carbons (Fsp3) is 0.200. The predicted molar refractivity (Wildman–Crippen MR) is 78.1 cm³/mol. The Morgan fingerprint density at radius 1 is 1.30 bits per heavy atom. The second-order valence-corrected chi connectivity index (χ2v) is 5.45. The van der Waals surface area contributed by atoms with Gasteiger partial charge in [-0.2, -0.15) is 0 Å². The molecule has 0 aliphatic rings. The van der Waals surface area contributed by atoms with Gasteiger partial charge in [0.15, 0.2) is 0 Å². The standard InChI is InChI=1S/C15H15NO3S/c1-10-7-13(20-9-10)14(17)16-12(15(18)19)8-11-5-3-2-4-6-11/h2-7,9,12H,8H2,1H3,(H,16,17)(H,18,19)/t12-/m0/s1. The third kappa shape index (κ3) is 3.68. The molecule has 0 unspecified atom stereocenters. The van der Waals surface area contributed by atoms with E-state index in [2.05, 4.69) is 5.32 Å². The van der Waals surface area contributed by atoms with Gasteiger partial charge >= 0.3 is 5.97 Å². The van der Waals surface area contributed by atoms with Gasteiger partial charge in [-0.1, -0.05) is 30.3 Å². The summed E-state index contributed by atoms with van der Waals surface area (Å²) in [6.07, 6.45) is 0.270. The molecule has 2 rings (SSSR count). The van der Waals surface area contributed by atoms with Crippen molar-refractivity contribution in [3.8, 4) is 0 Å². The van der Waals surface area contributed by atoms with E-state index in [1.807, 2.05) is 42.6 Å². The molecule has 104 valence electrons. The largest absolute Gasteiger partial charge is 0.480 e. The van der Waals surface area contributed by atoms with Crippen LogP contribution in [-0.4, -0.2) is 23.0 Å². The lowest BCUT2D eigenvalue weighted by atomic mass is 10.1. The number of carboxylic acids is 1. The van der Waals surface area contributed by atoms with Crippen LogP contribution in [0.1, 0.15) is 20.8 Å². The van der Waals surface area contributed by atoms with Crippen LogP contribution in [0.2, 0.25) is 0 Å². The second kappa shape index (κ2) is 6.34. The van der Waals surface area contributed by atoms with E-state index in [1.165, 1.54) is 11.3 Å². The molecule has 0 bridgehead atoms. The number of rotatable bonds is 5. The summed E-state index contributed by atoms with van der Waals surface area (Å²) in [4.78, 5) is 23.8. The second-order valence-electron chi connectivity index (χ2n) is 4.54. The SMILES string of the molecule is Cc1csc(C(=O)N[C@@H](Cc2ccccc2)C(=O)O)c1. The van der Waals surface area contributed by atoms with E-state index >= 15 is 0 Å². The average Bonchev–Trinajstić information content (AvgIpc) is 2.86. The van der Waals surface area contributed by atoms with Gasteiger partial charge in [-0.05, 0) is 29.5 Å². The van der Waals surface area contributed by atoms with E-state index in [0.717, 1.165) is 11.1 Å². The molecule has 0 saturated carbocycles. The van der Waals surface area contributed by atoms with Gasteiger partial charge in [-0.3, -0.25) is 4.79 Å². The zero-order chi connectivity index (χ0) is 14.5. The Morgan fingerprint density at radius 2 is 2.00 bits per heavy atom. The highest BCUT2D eigenvalue weighted by Gasteiger charge is 2.21. The highest BCUT2D eigenvalue weighted by Crippen LogP contribution is 2.14. The van der Waals surface area contributed by atoms with Crippen LogP contribution in [0.3, 0.4) is 0 Å². The van der Waals surface area contributed by atoms with Crippen molar-refractivity contribution in [1.29, 1.82) is 0 Å². The summed E-state index contributed by atoms with van der Waals surface area (Å²) >= 11 is 1.31. The van der Waals surface area contributed by atoms with Crippen LogP contribution >= 0.6 is 11.3 Å². The van der Waals surface area contributed by atoms with Crippen molar-refractivity contribution < 1.29 is 14.7 Å². The number of benzene rings is 1. The lowest BCUT2D eigenvalue weighted by molar-refractivity contribution is -0.139. The van der Waals surface area contributed by atoms with Crippen LogP contribution in [0.4, 0.5) is 0 Å². The fourth-order valence-electron chi connectivity index (χ4n) is 1.83. The van der Waals surface area contributed by atoms with Crippen LogP contribution in [0, 0.1) is 6.92 Å². The summed E-state index contributed by atoms with van der Waals surface area (Å²) in [6, 6.07) is 10.1. The number of carbonyl (C=O) groups excluding carboxylic acids is 1. The van der Waals surface area contributed by atoms with E-state index < -0.39 is 12.0 Å². The number of aliphatic carboxylic acids is 1. The Morgan fingerprint density at radius 3 is 2.55 bits per heavy atom. The number of thiophene rings is 1. The van der Waals surface area contributed by atoms with E-state index in [4.69, 9.17) is 0 Å². The molecule has 4 nitrogen and oxygen atoms in total. The molecule has 1 aromatic heterocycles. The first-order valence-corrected chi connectivity index (χ1v) is 7.07. The number of nitrogens with one attached hydrogen (secondary N) is 1. The summed E-state index contributed by atoms with van der Waals surface area (Å²) in [6.45, 7) is 1.89. The van der Waals surface area contributed by atoms with Crippen molar-refractivity contribution in [3.05, 3.63) is 57.8 Å². The maximum Gasteiger partial charge on any atom is 0.326 e. The van der Waals surface area contributed by atoms with Crippen molar-refractivity contribution in [2.75, 3.05) is 0 Å². The normalized spacial score (nSPS) is 11.8. The minimum absolute atomic E-state index is 0.270. The highest BCUT2D eigenvalue weighted by atomic mass is 32.1. The Hall–Kier alpha value is -2.14. The molecular formula is C15H15NO3S. The molecular weight excluding hydrogens is 274 g/mol. The van der Waals surface area contributed by atoms with Crippen molar-refractivity contribution in [2.45, 2.75) is 19.4 Å². The summed E-state index contributed by atoms with van der Waals surface area (Å²) in [5.41, 5.74) is 1.87. The zero-order valence-electron chi connectivity index (χ0n) is 11.0.